The molecule has 2 aliphatic rings. The van der Waals surface area contributed by atoms with Gasteiger partial charge in [0.1, 0.15) is 5.82 Å². The zero-order valence-corrected chi connectivity index (χ0v) is 7.33. The van der Waals surface area contributed by atoms with Crippen molar-refractivity contribution in [3.8, 4) is 0 Å². The van der Waals surface area contributed by atoms with Crippen molar-refractivity contribution in [2.24, 2.45) is 11.8 Å². The normalized spacial score (nSPS) is 35.9. The molecule has 1 nitrogen and oxygen atoms in total. The second-order valence-electron chi connectivity index (χ2n) is 4.07. The summed E-state index contributed by atoms with van der Waals surface area (Å²) < 4.78 is 12.9. The second-order valence-corrected chi connectivity index (χ2v) is 4.07. The minimum absolute atomic E-state index is 0.101. The summed E-state index contributed by atoms with van der Waals surface area (Å²) >= 11 is 0. The Morgan fingerprint density at radius 2 is 2.00 bits per heavy atom. The number of nitrogens with one attached hydrogen (secondary N) is 1. The minimum atomic E-state index is -0.101. The third-order valence-electron chi connectivity index (χ3n) is 3.33. The largest absolute Gasteiger partial charge is 0.316 e. The van der Waals surface area contributed by atoms with E-state index in [0.29, 0.717) is 5.92 Å². The Morgan fingerprint density at radius 3 is 2.69 bits per heavy atom. The van der Waals surface area contributed by atoms with E-state index in [1.54, 1.807) is 6.07 Å². The standard InChI is InChI=1S/C11H12FN/c12-8-3-1-2-7(4-8)11-9-5-13-6-10(9)11/h1-4,9-11,13H,5-6H2. The van der Waals surface area contributed by atoms with Crippen LogP contribution in [0, 0.1) is 17.7 Å². The molecule has 0 amide bonds. The summed E-state index contributed by atoms with van der Waals surface area (Å²) in [4.78, 5) is 0. The van der Waals surface area contributed by atoms with Crippen molar-refractivity contribution in [3.05, 3.63) is 35.6 Å². The molecule has 1 saturated carbocycles. The lowest BCUT2D eigenvalue weighted by Crippen LogP contribution is -2.13. The maximum absolute atomic E-state index is 12.9. The minimum Gasteiger partial charge on any atom is -0.316 e. The molecule has 2 fully saturated rings. The summed E-state index contributed by atoms with van der Waals surface area (Å²) in [6.45, 7) is 2.23. The summed E-state index contributed by atoms with van der Waals surface area (Å²) in [7, 11) is 0. The van der Waals surface area contributed by atoms with E-state index in [4.69, 9.17) is 0 Å². The zero-order chi connectivity index (χ0) is 8.84. The van der Waals surface area contributed by atoms with Crippen LogP contribution in [-0.2, 0) is 0 Å². The summed E-state index contributed by atoms with van der Waals surface area (Å²) in [5, 5.41) is 3.34. The van der Waals surface area contributed by atoms with E-state index in [-0.39, 0.29) is 5.82 Å². The molecule has 1 aromatic carbocycles. The Morgan fingerprint density at radius 1 is 1.23 bits per heavy atom. The lowest BCUT2D eigenvalue weighted by Gasteiger charge is -2.04. The second kappa shape index (κ2) is 2.55. The first-order valence-electron chi connectivity index (χ1n) is 4.82. The van der Waals surface area contributed by atoms with Crippen LogP contribution in [0.4, 0.5) is 4.39 Å². The summed E-state index contributed by atoms with van der Waals surface area (Å²) in [6.07, 6.45) is 0. The van der Waals surface area contributed by atoms with Crippen LogP contribution in [-0.4, -0.2) is 13.1 Å². The van der Waals surface area contributed by atoms with Crippen LogP contribution < -0.4 is 5.32 Å². The highest BCUT2D eigenvalue weighted by Crippen LogP contribution is 2.55. The molecule has 0 spiro atoms. The number of fused-ring (bicyclic) bond motifs is 1. The molecule has 1 aliphatic carbocycles. The van der Waals surface area contributed by atoms with E-state index in [9.17, 15) is 4.39 Å². The highest BCUT2D eigenvalue weighted by molar-refractivity contribution is 5.30. The van der Waals surface area contributed by atoms with Gasteiger partial charge in [0.25, 0.3) is 0 Å². The number of benzene rings is 1. The van der Waals surface area contributed by atoms with Crippen molar-refractivity contribution in [1.29, 1.82) is 0 Å². The maximum Gasteiger partial charge on any atom is 0.123 e. The molecule has 1 N–H and O–H groups in total. The third kappa shape index (κ3) is 1.09. The van der Waals surface area contributed by atoms with Crippen molar-refractivity contribution in [2.45, 2.75) is 5.92 Å². The molecule has 3 rings (SSSR count). The van der Waals surface area contributed by atoms with Gasteiger partial charge in [0.2, 0.25) is 0 Å². The van der Waals surface area contributed by atoms with E-state index in [1.807, 2.05) is 12.1 Å². The lowest BCUT2D eigenvalue weighted by molar-refractivity contribution is 0.621. The zero-order valence-electron chi connectivity index (χ0n) is 7.33. The first-order valence-corrected chi connectivity index (χ1v) is 4.82. The summed E-state index contributed by atoms with van der Waals surface area (Å²) in [6, 6.07) is 7.06. The van der Waals surface area contributed by atoms with Gasteiger partial charge in [-0.05, 0) is 48.5 Å². The van der Waals surface area contributed by atoms with Crippen LogP contribution in [0.3, 0.4) is 0 Å². The molecular formula is C11H12FN. The fourth-order valence-electron chi connectivity index (χ4n) is 2.63. The molecule has 13 heavy (non-hydrogen) atoms. The Labute approximate surface area is 77.0 Å². The highest BCUT2D eigenvalue weighted by atomic mass is 19.1. The van der Waals surface area contributed by atoms with Crippen LogP contribution in [0.1, 0.15) is 11.5 Å². The molecule has 1 heterocycles. The topological polar surface area (TPSA) is 12.0 Å². The molecule has 0 aromatic heterocycles. The molecule has 0 bridgehead atoms. The van der Waals surface area contributed by atoms with Crippen LogP contribution >= 0.6 is 0 Å². The first kappa shape index (κ1) is 7.51. The molecule has 1 aliphatic heterocycles. The predicted octanol–water partition coefficient (Wildman–Crippen LogP) is 1.76. The Balaban J connectivity index is 1.87. The van der Waals surface area contributed by atoms with Gasteiger partial charge in [-0.2, -0.15) is 0 Å². The van der Waals surface area contributed by atoms with E-state index < -0.39 is 0 Å². The van der Waals surface area contributed by atoms with Crippen LogP contribution in [0.5, 0.6) is 0 Å². The molecule has 1 aromatic rings. The van der Waals surface area contributed by atoms with E-state index in [2.05, 4.69) is 5.32 Å². The third-order valence-corrected chi connectivity index (χ3v) is 3.33. The quantitative estimate of drug-likeness (QED) is 0.689. The van der Waals surface area contributed by atoms with Gasteiger partial charge >= 0.3 is 0 Å². The van der Waals surface area contributed by atoms with Gasteiger partial charge in [-0.3, -0.25) is 0 Å². The van der Waals surface area contributed by atoms with Crippen molar-refractivity contribution < 1.29 is 4.39 Å². The molecule has 2 unspecified atom stereocenters. The van der Waals surface area contributed by atoms with Crippen molar-refractivity contribution in [3.63, 3.8) is 0 Å². The fourth-order valence-corrected chi connectivity index (χ4v) is 2.63. The number of hydrogen-bond donors (Lipinski definition) is 1. The van der Waals surface area contributed by atoms with Gasteiger partial charge in [-0.25, -0.2) is 4.39 Å². The maximum atomic E-state index is 12.9. The molecule has 2 heteroatoms. The number of piperidine rings is 1. The predicted molar refractivity (Wildman–Crippen MR) is 49.0 cm³/mol. The van der Waals surface area contributed by atoms with Crippen molar-refractivity contribution >= 4 is 0 Å². The van der Waals surface area contributed by atoms with Gasteiger partial charge < -0.3 is 5.32 Å². The average molecular weight is 177 g/mol. The molecular weight excluding hydrogens is 165 g/mol. The molecule has 0 radical (unpaired) electrons. The first-order chi connectivity index (χ1) is 6.36. The van der Waals surface area contributed by atoms with E-state index >= 15 is 0 Å². The lowest BCUT2D eigenvalue weighted by atomic mass is 10.1. The van der Waals surface area contributed by atoms with Crippen LogP contribution in [0.2, 0.25) is 0 Å². The van der Waals surface area contributed by atoms with Gasteiger partial charge in [-0.1, -0.05) is 12.1 Å². The number of hydrogen-bond acceptors (Lipinski definition) is 1. The van der Waals surface area contributed by atoms with E-state index in [1.165, 1.54) is 11.6 Å². The average Bonchev–Trinajstić information content (AvgIpc) is 2.61. The number of rotatable bonds is 1. The Bertz CT molecular complexity index is 327. The van der Waals surface area contributed by atoms with Crippen LogP contribution in [0.25, 0.3) is 0 Å². The Hall–Kier alpha value is -0.890. The van der Waals surface area contributed by atoms with Crippen molar-refractivity contribution in [2.75, 3.05) is 13.1 Å². The molecule has 1 saturated heterocycles. The summed E-state index contributed by atoms with van der Waals surface area (Å²) in [5.41, 5.74) is 1.19. The SMILES string of the molecule is Fc1cccc(C2C3CNCC32)c1. The highest BCUT2D eigenvalue weighted by Gasteiger charge is 2.53. The fraction of sp³-hybridized carbons (Fsp3) is 0.455. The van der Waals surface area contributed by atoms with Gasteiger partial charge in [0.05, 0.1) is 0 Å². The Kier molecular flexibility index (Phi) is 1.47. The van der Waals surface area contributed by atoms with Gasteiger partial charge in [0.15, 0.2) is 0 Å². The monoisotopic (exact) mass is 177 g/mol. The number of halogens is 1. The smallest absolute Gasteiger partial charge is 0.123 e. The molecule has 68 valence electrons. The van der Waals surface area contributed by atoms with Gasteiger partial charge in [0, 0.05) is 0 Å². The van der Waals surface area contributed by atoms with Crippen molar-refractivity contribution in [1.82, 2.24) is 5.32 Å². The summed E-state index contributed by atoms with van der Waals surface area (Å²) in [5.74, 6) is 2.09. The molecule has 2 atom stereocenters. The van der Waals surface area contributed by atoms with Crippen LogP contribution in [0.15, 0.2) is 24.3 Å². The van der Waals surface area contributed by atoms with Gasteiger partial charge in [-0.15, -0.1) is 0 Å². The van der Waals surface area contributed by atoms with E-state index in [0.717, 1.165) is 24.9 Å².